The molecule has 144 valence electrons. The number of rotatable bonds is 3. The summed E-state index contributed by atoms with van der Waals surface area (Å²) in [4.78, 5) is 13.7. The molecule has 1 aromatic carbocycles. The zero-order chi connectivity index (χ0) is 18.9. The van der Waals surface area contributed by atoms with Crippen molar-refractivity contribution in [3.63, 3.8) is 0 Å². The van der Waals surface area contributed by atoms with Crippen LogP contribution in [0, 0.1) is 17.6 Å². The van der Waals surface area contributed by atoms with Gasteiger partial charge in [0.1, 0.15) is 16.5 Å². The van der Waals surface area contributed by atoms with E-state index in [4.69, 9.17) is 5.73 Å². The van der Waals surface area contributed by atoms with Gasteiger partial charge in [-0.1, -0.05) is 6.42 Å². The summed E-state index contributed by atoms with van der Waals surface area (Å²) in [6.07, 6.45) is 3.33. The highest BCUT2D eigenvalue weighted by atomic mass is 32.2. The molecule has 3 rings (SSSR count). The molecule has 1 heterocycles. The number of sulfonamides is 1. The third-order valence-electron chi connectivity index (χ3n) is 5.13. The van der Waals surface area contributed by atoms with E-state index >= 15 is 0 Å². The molecule has 0 spiro atoms. The van der Waals surface area contributed by atoms with Crippen molar-refractivity contribution >= 4 is 15.9 Å². The molecule has 0 radical (unpaired) electrons. The standard InChI is InChI=1S/C17H23F2N3O3S/c18-13-4-5-16(15(19)11-13)26(24,25)22-8-6-21(7-9-22)17(23)12-2-1-3-14(20)10-12/h4-5,11-12,14H,1-3,6-10,20H2. The molecular weight excluding hydrogens is 364 g/mol. The molecule has 0 aromatic heterocycles. The Kier molecular flexibility index (Phi) is 5.59. The third-order valence-corrected chi connectivity index (χ3v) is 7.06. The summed E-state index contributed by atoms with van der Waals surface area (Å²) < 4.78 is 53.2. The van der Waals surface area contributed by atoms with E-state index in [0.29, 0.717) is 12.5 Å². The van der Waals surface area contributed by atoms with Gasteiger partial charge in [-0.2, -0.15) is 4.31 Å². The van der Waals surface area contributed by atoms with Crippen LogP contribution in [0.25, 0.3) is 0 Å². The lowest BCUT2D eigenvalue weighted by molar-refractivity contribution is -0.137. The SMILES string of the molecule is NC1CCCC(C(=O)N2CCN(S(=O)(=O)c3ccc(F)cc3F)CC2)C1. The second kappa shape index (κ2) is 7.58. The molecule has 2 atom stereocenters. The molecule has 9 heteroatoms. The zero-order valence-corrected chi connectivity index (χ0v) is 15.2. The number of benzene rings is 1. The Balaban J connectivity index is 1.65. The first kappa shape index (κ1) is 19.2. The van der Waals surface area contributed by atoms with Crippen molar-refractivity contribution in [1.82, 2.24) is 9.21 Å². The Hall–Kier alpha value is -1.58. The van der Waals surface area contributed by atoms with E-state index < -0.39 is 26.6 Å². The van der Waals surface area contributed by atoms with Crippen molar-refractivity contribution in [1.29, 1.82) is 0 Å². The van der Waals surface area contributed by atoms with Gasteiger partial charge < -0.3 is 10.6 Å². The number of nitrogens with zero attached hydrogens (tertiary/aromatic N) is 2. The van der Waals surface area contributed by atoms with E-state index in [9.17, 15) is 22.0 Å². The van der Waals surface area contributed by atoms with Gasteiger partial charge in [0.05, 0.1) is 0 Å². The molecule has 2 aliphatic rings. The fourth-order valence-corrected chi connectivity index (χ4v) is 5.15. The topological polar surface area (TPSA) is 83.7 Å². The number of carbonyl (C=O) groups is 1. The number of piperazine rings is 1. The summed E-state index contributed by atoms with van der Waals surface area (Å²) in [5, 5.41) is 0. The first-order valence-electron chi connectivity index (χ1n) is 8.78. The van der Waals surface area contributed by atoms with E-state index in [0.717, 1.165) is 35.7 Å². The molecule has 26 heavy (non-hydrogen) atoms. The van der Waals surface area contributed by atoms with E-state index in [1.54, 1.807) is 4.90 Å². The highest BCUT2D eigenvalue weighted by molar-refractivity contribution is 7.89. The van der Waals surface area contributed by atoms with E-state index in [1.807, 2.05) is 0 Å². The fraction of sp³-hybridized carbons (Fsp3) is 0.588. The summed E-state index contributed by atoms with van der Waals surface area (Å²) in [7, 11) is -4.06. The molecule has 1 aromatic rings. The van der Waals surface area contributed by atoms with Crippen LogP contribution >= 0.6 is 0 Å². The number of amides is 1. The van der Waals surface area contributed by atoms with Gasteiger partial charge in [-0.05, 0) is 31.4 Å². The van der Waals surface area contributed by atoms with Crippen molar-refractivity contribution in [2.45, 2.75) is 36.6 Å². The van der Waals surface area contributed by atoms with Gasteiger partial charge in [0, 0.05) is 44.2 Å². The minimum atomic E-state index is -4.06. The predicted octanol–water partition coefficient (Wildman–Crippen LogP) is 1.32. The smallest absolute Gasteiger partial charge is 0.246 e. The number of hydrogen-bond donors (Lipinski definition) is 1. The van der Waals surface area contributed by atoms with Gasteiger partial charge in [-0.25, -0.2) is 17.2 Å². The Labute approximate surface area is 152 Å². The Morgan fingerprint density at radius 1 is 1.12 bits per heavy atom. The number of halogens is 2. The Morgan fingerprint density at radius 3 is 2.42 bits per heavy atom. The number of hydrogen-bond acceptors (Lipinski definition) is 4. The van der Waals surface area contributed by atoms with Crippen LogP contribution in [0.3, 0.4) is 0 Å². The van der Waals surface area contributed by atoms with E-state index in [1.165, 1.54) is 0 Å². The van der Waals surface area contributed by atoms with Crippen molar-refractivity contribution in [3.8, 4) is 0 Å². The van der Waals surface area contributed by atoms with Crippen LogP contribution in [-0.4, -0.2) is 55.8 Å². The van der Waals surface area contributed by atoms with Crippen LogP contribution in [0.1, 0.15) is 25.7 Å². The minimum Gasteiger partial charge on any atom is -0.340 e. The van der Waals surface area contributed by atoms with Crippen molar-refractivity contribution < 1.29 is 22.0 Å². The van der Waals surface area contributed by atoms with Gasteiger partial charge >= 0.3 is 0 Å². The molecule has 1 aliphatic heterocycles. The largest absolute Gasteiger partial charge is 0.340 e. The highest BCUT2D eigenvalue weighted by Gasteiger charge is 2.35. The van der Waals surface area contributed by atoms with Gasteiger partial charge in [0.2, 0.25) is 15.9 Å². The minimum absolute atomic E-state index is 0.0187. The third kappa shape index (κ3) is 3.89. The molecule has 1 aliphatic carbocycles. The highest BCUT2D eigenvalue weighted by Crippen LogP contribution is 2.26. The van der Waals surface area contributed by atoms with Crippen molar-refractivity contribution in [2.75, 3.05) is 26.2 Å². The lowest BCUT2D eigenvalue weighted by atomic mass is 9.85. The zero-order valence-electron chi connectivity index (χ0n) is 14.4. The van der Waals surface area contributed by atoms with Crippen LogP contribution in [-0.2, 0) is 14.8 Å². The maximum Gasteiger partial charge on any atom is 0.246 e. The molecule has 1 saturated carbocycles. The molecule has 2 unspecified atom stereocenters. The lowest BCUT2D eigenvalue weighted by Crippen LogP contribution is -2.52. The molecule has 1 saturated heterocycles. The number of carbonyl (C=O) groups excluding carboxylic acids is 1. The normalized spacial score (nSPS) is 25.3. The van der Waals surface area contributed by atoms with Gasteiger partial charge in [0.15, 0.2) is 0 Å². The summed E-state index contributed by atoms with van der Waals surface area (Å²) in [5.41, 5.74) is 5.94. The molecule has 6 nitrogen and oxygen atoms in total. The molecule has 0 bridgehead atoms. The van der Waals surface area contributed by atoms with E-state index in [2.05, 4.69) is 0 Å². The average molecular weight is 387 g/mol. The monoisotopic (exact) mass is 387 g/mol. The van der Waals surface area contributed by atoms with E-state index in [-0.39, 0.29) is 44.0 Å². The molecular formula is C17H23F2N3O3S. The second-order valence-electron chi connectivity index (χ2n) is 6.93. The number of nitrogens with two attached hydrogens (primary N) is 1. The summed E-state index contributed by atoms with van der Waals surface area (Å²) in [6.45, 7) is 0.687. The van der Waals surface area contributed by atoms with Crippen LogP contribution < -0.4 is 5.73 Å². The fourth-order valence-electron chi connectivity index (χ4n) is 3.68. The van der Waals surface area contributed by atoms with Crippen LogP contribution in [0.2, 0.25) is 0 Å². The average Bonchev–Trinajstić information content (AvgIpc) is 2.61. The maximum atomic E-state index is 13.9. The Morgan fingerprint density at radius 2 is 1.81 bits per heavy atom. The lowest BCUT2D eigenvalue weighted by Gasteiger charge is -2.37. The predicted molar refractivity (Wildman–Crippen MR) is 91.6 cm³/mol. The van der Waals surface area contributed by atoms with Gasteiger partial charge in [0.25, 0.3) is 0 Å². The summed E-state index contributed by atoms with van der Waals surface area (Å²) >= 11 is 0. The van der Waals surface area contributed by atoms with Gasteiger partial charge in [-0.15, -0.1) is 0 Å². The quantitative estimate of drug-likeness (QED) is 0.848. The van der Waals surface area contributed by atoms with Crippen molar-refractivity contribution in [2.24, 2.45) is 11.7 Å². The Bertz CT molecular complexity index is 779. The van der Waals surface area contributed by atoms with Crippen LogP contribution in [0.4, 0.5) is 8.78 Å². The first-order chi connectivity index (χ1) is 12.3. The summed E-state index contributed by atoms with van der Waals surface area (Å²) in [5.74, 6) is -2.02. The maximum absolute atomic E-state index is 13.9. The van der Waals surface area contributed by atoms with Crippen LogP contribution in [0.5, 0.6) is 0 Å². The van der Waals surface area contributed by atoms with Crippen molar-refractivity contribution in [3.05, 3.63) is 29.8 Å². The second-order valence-corrected chi connectivity index (χ2v) is 8.83. The molecule has 2 N–H and O–H groups in total. The van der Waals surface area contributed by atoms with Gasteiger partial charge in [-0.3, -0.25) is 4.79 Å². The van der Waals surface area contributed by atoms with Crippen LogP contribution in [0.15, 0.2) is 23.1 Å². The first-order valence-corrected chi connectivity index (χ1v) is 10.2. The molecule has 1 amide bonds. The molecule has 2 fully saturated rings. The summed E-state index contributed by atoms with van der Waals surface area (Å²) in [6, 6.07) is 2.45.